The first-order valence-electron chi connectivity index (χ1n) is 5.75. The Hall–Kier alpha value is -1.47. The summed E-state index contributed by atoms with van der Waals surface area (Å²) in [6.07, 6.45) is 2.90. The molecule has 0 nitrogen and oxygen atoms in total. The second kappa shape index (κ2) is 6.31. The first-order valence-corrected chi connectivity index (χ1v) is 6.74. The van der Waals surface area contributed by atoms with Crippen LogP contribution in [0.15, 0.2) is 72.1 Å². The molecule has 0 bridgehead atoms. The molecule has 0 unspecified atom stereocenters. The molecule has 17 heavy (non-hydrogen) atoms. The number of rotatable bonds is 5. The van der Waals surface area contributed by atoms with Crippen molar-refractivity contribution in [1.29, 1.82) is 0 Å². The van der Waals surface area contributed by atoms with Gasteiger partial charge in [-0.3, -0.25) is 0 Å². The maximum Gasteiger partial charge on any atom is 0.0232 e. The number of benzene rings is 2. The monoisotopic (exact) mass is 240 g/mol. The first-order chi connectivity index (χ1) is 8.40. The van der Waals surface area contributed by atoms with Crippen molar-refractivity contribution in [3.8, 4) is 0 Å². The lowest BCUT2D eigenvalue weighted by Crippen LogP contribution is -1.86. The van der Waals surface area contributed by atoms with Crippen LogP contribution < -0.4 is 0 Å². The summed E-state index contributed by atoms with van der Waals surface area (Å²) in [5.41, 5.74) is 2.73. The van der Waals surface area contributed by atoms with E-state index in [0.29, 0.717) is 0 Å². The molecule has 2 aromatic rings. The molecule has 0 atom stereocenters. The topological polar surface area (TPSA) is 0 Å². The van der Waals surface area contributed by atoms with Crippen molar-refractivity contribution in [1.82, 2.24) is 0 Å². The number of hydrogen-bond donors (Lipinski definition) is 0. The van der Waals surface area contributed by atoms with Crippen molar-refractivity contribution >= 4 is 11.8 Å². The molecule has 0 aromatic heterocycles. The molecule has 0 fully saturated rings. The molecule has 86 valence electrons. The Morgan fingerprint density at radius 3 is 2.41 bits per heavy atom. The summed E-state index contributed by atoms with van der Waals surface area (Å²) in [6.45, 7) is 3.81. The Kier molecular flexibility index (Phi) is 4.45. The second-order valence-electron chi connectivity index (χ2n) is 3.87. The van der Waals surface area contributed by atoms with Gasteiger partial charge in [-0.25, -0.2) is 0 Å². The summed E-state index contributed by atoms with van der Waals surface area (Å²) < 4.78 is 0. The summed E-state index contributed by atoms with van der Waals surface area (Å²) >= 11 is 1.89. The minimum atomic E-state index is 0.942. The van der Waals surface area contributed by atoms with Crippen molar-refractivity contribution in [2.75, 3.05) is 0 Å². The van der Waals surface area contributed by atoms with Crippen LogP contribution in [0.25, 0.3) is 0 Å². The first kappa shape index (κ1) is 12.0. The number of hydrogen-bond acceptors (Lipinski definition) is 1. The van der Waals surface area contributed by atoms with E-state index < -0.39 is 0 Å². The van der Waals surface area contributed by atoms with Crippen molar-refractivity contribution in [3.63, 3.8) is 0 Å². The molecule has 1 heteroatoms. The van der Waals surface area contributed by atoms with Crippen LogP contribution in [0.5, 0.6) is 0 Å². The smallest absolute Gasteiger partial charge is 0.0232 e. The van der Waals surface area contributed by atoms with Gasteiger partial charge in [-0.2, -0.15) is 0 Å². The highest BCUT2D eigenvalue weighted by atomic mass is 32.2. The molecule has 0 saturated carbocycles. The predicted molar refractivity (Wildman–Crippen MR) is 76.3 cm³/mol. The van der Waals surface area contributed by atoms with Crippen LogP contribution in [0, 0.1) is 0 Å². The minimum Gasteiger partial charge on any atom is -0.121 e. The summed E-state index contributed by atoms with van der Waals surface area (Å²) in [5, 5.41) is 0. The molecule has 2 aromatic carbocycles. The van der Waals surface area contributed by atoms with Crippen LogP contribution in [0.2, 0.25) is 0 Å². The normalized spacial score (nSPS) is 10.1. The highest BCUT2D eigenvalue weighted by molar-refractivity contribution is 7.98. The van der Waals surface area contributed by atoms with E-state index in [1.165, 1.54) is 16.0 Å². The van der Waals surface area contributed by atoms with Crippen LogP contribution in [0.1, 0.15) is 11.1 Å². The largest absolute Gasteiger partial charge is 0.121 e. The van der Waals surface area contributed by atoms with Gasteiger partial charge in [-0.15, -0.1) is 18.3 Å². The van der Waals surface area contributed by atoms with Gasteiger partial charge in [0.15, 0.2) is 0 Å². The zero-order valence-corrected chi connectivity index (χ0v) is 10.6. The van der Waals surface area contributed by atoms with E-state index in [-0.39, 0.29) is 0 Å². The molecule has 2 rings (SSSR count). The third-order valence-electron chi connectivity index (χ3n) is 2.57. The van der Waals surface area contributed by atoms with Gasteiger partial charge in [0, 0.05) is 10.6 Å². The Balaban J connectivity index is 2.06. The molecule has 0 heterocycles. The van der Waals surface area contributed by atoms with Crippen LogP contribution in [0.3, 0.4) is 0 Å². The van der Waals surface area contributed by atoms with E-state index in [2.05, 4.69) is 61.2 Å². The summed E-state index contributed by atoms with van der Waals surface area (Å²) in [4.78, 5) is 1.36. The van der Waals surface area contributed by atoms with Gasteiger partial charge < -0.3 is 0 Å². The quantitative estimate of drug-likeness (QED) is 0.539. The molecule has 0 radical (unpaired) electrons. The van der Waals surface area contributed by atoms with Gasteiger partial charge in [-0.05, 0) is 23.6 Å². The van der Waals surface area contributed by atoms with E-state index in [4.69, 9.17) is 0 Å². The fourth-order valence-electron chi connectivity index (χ4n) is 1.70. The number of allylic oxidation sites excluding steroid dienone is 1. The SMILES string of the molecule is C=CCc1ccccc1SCc1ccccc1. The molecule has 0 N–H and O–H groups in total. The lowest BCUT2D eigenvalue weighted by Gasteiger charge is -2.07. The summed E-state index contributed by atoms with van der Waals surface area (Å²) in [7, 11) is 0. The fourth-order valence-corrected chi connectivity index (χ4v) is 2.73. The highest BCUT2D eigenvalue weighted by Crippen LogP contribution is 2.26. The Morgan fingerprint density at radius 1 is 0.941 bits per heavy atom. The molecule has 0 saturated heterocycles. The summed E-state index contributed by atoms with van der Waals surface area (Å²) in [5.74, 6) is 1.02. The van der Waals surface area contributed by atoms with E-state index in [0.717, 1.165) is 12.2 Å². The Bertz CT molecular complexity index is 474. The van der Waals surface area contributed by atoms with Crippen molar-refractivity contribution in [2.24, 2.45) is 0 Å². The van der Waals surface area contributed by atoms with E-state index >= 15 is 0 Å². The Labute approximate surface area is 107 Å². The third-order valence-corrected chi connectivity index (χ3v) is 3.76. The van der Waals surface area contributed by atoms with E-state index in [9.17, 15) is 0 Å². The highest BCUT2D eigenvalue weighted by Gasteiger charge is 2.01. The van der Waals surface area contributed by atoms with Crippen LogP contribution in [0.4, 0.5) is 0 Å². The van der Waals surface area contributed by atoms with Gasteiger partial charge >= 0.3 is 0 Å². The zero-order valence-electron chi connectivity index (χ0n) is 9.80. The molecule has 0 aliphatic carbocycles. The lowest BCUT2D eigenvalue weighted by atomic mass is 10.1. The standard InChI is InChI=1S/C16H16S/c1-2-8-15-11-6-7-12-16(15)17-13-14-9-4-3-5-10-14/h2-7,9-12H,1,8,13H2. The molecular weight excluding hydrogens is 224 g/mol. The van der Waals surface area contributed by atoms with Gasteiger partial charge in [0.25, 0.3) is 0 Å². The maximum atomic E-state index is 3.81. The zero-order chi connectivity index (χ0) is 11.9. The van der Waals surface area contributed by atoms with Gasteiger partial charge in [0.2, 0.25) is 0 Å². The lowest BCUT2D eigenvalue weighted by molar-refractivity contribution is 1.18. The van der Waals surface area contributed by atoms with Crippen LogP contribution in [-0.2, 0) is 12.2 Å². The third kappa shape index (κ3) is 3.50. The molecule has 0 aliphatic heterocycles. The fraction of sp³-hybridized carbons (Fsp3) is 0.125. The van der Waals surface area contributed by atoms with Crippen LogP contribution in [-0.4, -0.2) is 0 Å². The molecular formula is C16H16S. The van der Waals surface area contributed by atoms with Gasteiger partial charge in [0.1, 0.15) is 0 Å². The van der Waals surface area contributed by atoms with E-state index in [1.54, 1.807) is 0 Å². The Morgan fingerprint density at radius 2 is 1.65 bits per heavy atom. The minimum absolute atomic E-state index is 0.942. The molecule has 0 aliphatic rings. The molecule has 0 spiro atoms. The van der Waals surface area contributed by atoms with Crippen molar-refractivity contribution in [2.45, 2.75) is 17.1 Å². The average molecular weight is 240 g/mol. The van der Waals surface area contributed by atoms with Gasteiger partial charge in [-0.1, -0.05) is 54.6 Å². The van der Waals surface area contributed by atoms with Gasteiger partial charge in [0.05, 0.1) is 0 Å². The van der Waals surface area contributed by atoms with Crippen LogP contribution >= 0.6 is 11.8 Å². The average Bonchev–Trinajstić information content (AvgIpc) is 2.39. The number of thioether (sulfide) groups is 1. The van der Waals surface area contributed by atoms with Crippen molar-refractivity contribution < 1.29 is 0 Å². The summed E-state index contributed by atoms with van der Waals surface area (Å²) in [6, 6.07) is 19.1. The predicted octanol–water partition coefficient (Wildman–Crippen LogP) is 4.71. The van der Waals surface area contributed by atoms with E-state index in [1.807, 2.05) is 17.8 Å². The second-order valence-corrected chi connectivity index (χ2v) is 4.89. The molecule has 0 amide bonds. The maximum absolute atomic E-state index is 3.81. The van der Waals surface area contributed by atoms with Crippen molar-refractivity contribution in [3.05, 3.63) is 78.4 Å².